The number of rotatable bonds is 30. The lowest BCUT2D eigenvalue weighted by Crippen LogP contribution is -2.63. The predicted molar refractivity (Wildman–Crippen MR) is 274 cm³/mol. The molecule has 6 aliphatic rings. The van der Waals surface area contributed by atoms with Crippen LogP contribution in [0.5, 0.6) is 0 Å². The first-order chi connectivity index (χ1) is 36.8. The molecule has 9 atom stereocenters. The monoisotopic (exact) mass is 1060 g/mol. The van der Waals surface area contributed by atoms with E-state index >= 15 is 0 Å². The number of nitrogens with one attached hydrogen (secondary N) is 2. The molecule has 4 aliphatic carbocycles. The number of ketones is 2. The highest BCUT2D eigenvalue weighted by molar-refractivity contribution is 6.13. The molecule has 412 valence electrons. The third-order valence-electron chi connectivity index (χ3n) is 16.0. The highest BCUT2D eigenvalue weighted by Gasteiger charge is 2.76. The summed E-state index contributed by atoms with van der Waals surface area (Å²) in [4.78, 5) is 74.9. The van der Waals surface area contributed by atoms with Gasteiger partial charge in [-0.25, -0.2) is 0 Å². The van der Waals surface area contributed by atoms with E-state index < -0.39 is 59.1 Å². The van der Waals surface area contributed by atoms with E-state index in [9.17, 15) is 39.0 Å². The topological polar surface area (TPSA) is 244 Å². The van der Waals surface area contributed by atoms with Gasteiger partial charge in [0.05, 0.1) is 97.9 Å². The van der Waals surface area contributed by atoms with Gasteiger partial charge in [-0.2, -0.15) is 0 Å². The van der Waals surface area contributed by atoms with Crippen molar-refractivity contribution in [2.75, 3.05) is 104 Å². The van der Waals surface area contributed by atoms with Crippen LogP contribution in [0.3, 0.4) is 0 Å². The molecule has 0 aromatic heterocycles. The molecule has 1 saturated heterocycles. The van der Waals surface area contributed by atoms with E-state index in [0.29, 0.717) is 104 Å². The van der Waals surface area contributed by atoms with Gasteiger partial charge < -0.3 is 58.7 Å². The molecule has 76 heavy (non-hydrogen) atoms. The Balaban J connectivity index is 0.649. The summed E-state index contributed by atoms with van der Waals surface area (Å²) >= 11 is 0. The zero-order valence-electron chi connectivity index (χ0n) is 43.6. The van der Waals surface area contributed by atoms with Crippen LogP contribution in [0.25, 0.3) is 0 Å². The van der Waals surface area contributed by atoms with Crippen LogP contribution >= 0.6 is 0 Å². The summed E-state index contributed by atoms with van der Waals surface area (Å²) in [5.74, 6) is -1.73. The van der Waals surface area contributed by atoms with Crippen molar-refractivity contribution in [1.29, 1.82) is 0 Å². The summed E-state index contributed by atoms with van der Waals surface area (Å²) in [6.07, 6.45) is 8.76. The highest BCUT2D eigenvalue weighted by Crippen LogP contribution is 2.70. The number of allylic oxidation sites excluding steroid dienone is 4. The molecule has 19 heteroatoms. The number of amides is 4. The molecule has 2 aromatic rings. The predicted octanol–water partition coefficient (Wildman–Crippen LogP) is 3.74. The third kappa shape index (κ3) is 13.1. The van der Waals surface area contributed by atoms with Crippen molar-refractivity contribution >= 4 is 40.9 Å². The number of nitrogens with zero attached hydrogens (tertiary/aromatic N) is 1. The largest absolute Gasteiger partial charge is 0.393 e. The molecule has 4 amide bonds. The summed E-state index contributed by atoms with van der Waals surface area (Å²) in [6, 6.07) is 15.5. The van der Waals surface area contributed by atoms with Crippen LogP contribution in [-0.4, -0.2) is 167 Å². The lowest BCUT2D eigenvalue weighted by Gasteiger charge is -2.59. The Bertz CT molecular complexity index is 2460. The van der Waals surface area contributed by atoms with Gasteiger partial charge >= 0.3 is 0 Å². The lowest BCUT2D eigenvalue weighted by atomic mass is 9.46. The van der Waals surface area contributed by atoms with Crippen LogP contribution in [0.2, 0.25) is 0 Å². The first-order valence-electron chi connectivity index (χ1n) is 26.6. The molecule has 2 aliphatic heterocycles. The van der Waals surface area contributed by atoms with Crippen molar-refractivity contribution in [1.82, 2.24) is 10.2 Å². The molecule has 4 fully saturated rings. The fourth-order valence-electron chi connectivity index (χ4n) is 12.4. The molecule has 3 saturated carbocycles. The Morgan fingerprint density at radius 2 is 1.39 bits per heavy atom. The van der Waals surface area contributed by atoms with E-state index in [1.807, 2.05) is 61.5 Å². The van der Waals surface area contributed by atoms with Crippen LogP contribution in [-0.2, 0) is 73.1 Å². The van der Waals surface area contributed by atoms with E-state index in [1.54, 1.807) is 12.2 Å². The second-order valence-corrected chi connectivity index (χ2v) is 20.7. The van der Waals surface area contributed by atoms with E-state index in [-0.39, 0.29) is 61.3 Å². The molecule has 8 rings (SSSR count). The van der Waals surface area contributed by atoms with Gasteiger partial charge in [-0.05, 0) is 79.4 Å². The Morgan fingerprint density at radius 3 is 2.04 bits per heavy atom. The van der Waals surface area contributed by atoms with E-state index in [1.165, 1.54) is 12.2 Å². The first kappa shape index (κ1) is 56.9. The Morgan fingerprint density at radius 1 is 0.763 bits per heavy atom. The highest BCUT2D eigenvalue weighted by atomic mass is 16.7. The fraction of sp³-hybridized carbons (Fsp3) is 0.579. The maximum atomic E-state index is 14.0. The van der Waals surface area contributed by atoms with Crippen molar-refractivity contribution in [3.63, 3.8) is 0 Å². The fourth-order valence-corrected chi connectivity index (χ4v) is 12.4. The summed E-state index contributed by atoms with van der Waals surface area (Å²) in [7, 11) is 0. The minimum Gasteiger partial charge on any atom is -0.393 e. The van der Waals surface area contributed by atoms with Crippen LogP contribution in [0, 0.1) is 28.6 Å². The molecule has 2 heterocycles. The second kappa shape index (κ2) is 26.4. The number of anilines is 1. The smallest absolute Gasteiger partial charge is 0.253 e. The molecule has 4 N–H and O–H groups in total. The van der Waals surface area contributed by atoms with Crippen molar-refractivity contribution in [2.24, 2.45) is 28.6 Å². The molecule has 19 nitrogen and oxygen atoms in total. The minimum atomic E-state index is -1.42. The van der Waals surface area contributed by atoms with Gasteiger partial charge in [-0.3, -0.25) is 33.7 Å². The van der Waals surface area contributed by atoms with E-state index in [0.717, 1.165) is 40.0 Å². The number of aliphatic hydroxyl groups excluding tert-OH is 2. The summed E-state index contributed by atoms with van der Waals surface area (Å²) < 4.78 is 46.5. The zero-order valence-corrected chi connectivity index (χ0v) is 43.6. The number of fused-ring (bicyclic) bond motifs is 7. The van der Waals surface area contributed by atoms with Gasteiger partial charge in [-0.15, -0.1) is 0 Å². The standard InChI is InChI=1S/C57H73N3O16/c1-55-17-14-43(62)34-41(55)10-11-44-45-35-48-57(47(64)37-61,56(45,2)36-46(63)53(44)55)76-54(75-48)40-8-6-38(7-9-40)32-39-4-3-5-42(33-39)59-50(66)16-20-69-22-24-71-26-28-73-30-31-74-29-27-72-25-23-70-21-18-58-49(65)15-19-60-51(67)12-13-52(60)68/h3-9,12-14,17,33-34,44-46,48,53-54,61,63H,10-11,15-16,18-32,35-37H2,1-2H3,(H,58,65)(H,59,66)/t44-,45?,46-,48+,53?,54+,55-,56-,57+/m0/s1. The SMILES string of the molecule is C[C@]12C=CC(=O)C=C1CC[C@@H]1C2[C@@H](O)C[C@@]2(C)C1C[C@H]1O[C@@H](c3ccc(Cc4cccc(NC(=O)CCOCCOCCOCCOCCOCCOCCNC(=O)CCN5C(=O)C=CC5=O)c4)cc3)O[C@]12C(=O)CO. The van der Waals surface area contributed by atoms with Crippen molar-refractivity contribution in [3.05, 3.63) is 101 Å². The molecular formula is C57H73N3O16. The Kier molecular flexibility index (Phi) is 19.7. The number of hydrogen-bond acceptors (Lipinski definition) is 16. The Labute approximate surface area is 443 Å². The molecule has 2 unspecified atom stereocenters. The number of aliphatic hydroxyl groups is 2. The lowest BCUT2D eigenvalue weighted by molar-refractivity contribution is -0.201. The maximum absolute atomic E-state index is 14.0. The van der Waals surface area contributed by atoms with Gasteiger partial charge in [0.15, 0.2) is 23.5 Å². The molecular weight excluding hydrogens is 983 g/mol. The third-order valence-corrected chi connectivity index (χ3v) is 16.0. The quantitative estimate of drug-likeness (QED) is 0.0643. The molecule has 0 bridgehead atoms. The minimum absolute atomic E-state index is 0.0108. The number of carbonyl (C=O) groups is 6. The number of imide groups is 1. The molecule has 0 radical (unpaired) electrons. The second-order valence-electron chi connectivity index (χ2n) is 20.7. The van der Waals surface area contributed by atoms with Gasteiger partial charge in [-0.1, -0.05) is 61.9 Å². The van der Waals surface area contributed by atoms with Gasteiger partial charge in [0.1, 0.15) is 6.61 Å². The number of carbonyl (C=O) groups excluding carboxylic acids is 6. The normalized spacial score (nSPS) is 28.2. The van der Waals surface area contributed by atoms with Crippen LogP contribution < -0.4 is 10.6 Å². The van der Waals surface area contributed by atoms with Gasteiger partial charge in [0, 0.05) is 59.7 Å². The Hall–Kier alpha value is -5.32. The number of ether oxygens (including phenoxy) is 8. The van der Waals surface area contributed by atoms with Crippen LogP contribution in [0.4, 0.5) is 5.69 Å². The van der Waals surface area contributed by atoms with E-state index in [2.05, 4.69) is 17.6 Å². The first-order valence-corrected chi connectivity index (χ1v) is 26.6. The zero-order chi connectivity index (χ0) is 53.7. The van der Waals surface area contributed by atoms with E-state index in [4.69, 9.17) is 37.9 Å². The van der Waals surface area contributed by atoms with Crippen molar-refractivity contribution in [3.8, 4) is 0 Å². The summed E-state index contributed by atoms with van der Waals surface area (Å²) in [5, 5.41) is 28.0. The van der Waals surface area contributed by atoms with Crippen LogP contribution in [0.1, 0.15) is 75.4 Å². The van der Waals surface area contributed by atoms with Crippen molar-refractivity contribution < 1.29 is 76.9 Å². The summed E-state index contributed by atoms with van der Waals surface area (Å²) in [5.41, 5.74) is 1.87. The van der Waals surface area contributed by atoms with Crippen molar-refractivity contribution in [2.45, 2.75) is 82.9 Å². The number of benzene rings is 2. The van der Waals surface area contributed by atoms with Gasteiger partial charge in [0.25, 0.3) is 11.8 Å². The van der Waals surface area contributed by atoms with Gasteiger partial charge in [0.2, 0.25) is 11.8 Å². The molecule has 0 spiro atoms. The average Bonchev–Trinajstić information content (AvgIpc) is 4.05. The number of hydrogen-bond donors (Lipinski definition) is 4. The molecule has 2 aromatic carbocycles. The summed E-state index contributed by atoms with van der Waals surface area (Å²) in [6.45, 7) is 8.22. The van der Waals surface area contributed by atoms with Crippen LogP contribution in [0.15, 0.2) is 84.5 Å². The average molecular weight is 1060 g/mol. The number of Topliss-reactive ketones (excluding diaryl/α,β-unsaturated/α-hetero) is 1. The maximum Gasteiger partial charge on any atom is 0.253 e.